The van der Waals surface area contributed by atoms with Gasteiger partial charge in [0.15, 0.2) is 6.10 Å². The molecule has 104 valence electrons. The third-order valence-corrected chi connectivity index (χ3v) is 4.46. The average Bonchev–Trinajstić information content (AvgIpc) is 3.01. The highest BCUT2D eigenvalue weighted by Gasteiger charge is 2.28. The smallest absolute Gasteiger partial charge is 0.261 e. The Morgan fingerprint density at radius 3 is 3.05 bits per heavy atom. The van der Waals surface area contributed by atoms with Crippen molar-refractivity contribution in [3.05, 3.63) is 50.7 Å². The van der Waals surface area contributed by atoms with Gasteiger partial charge in [0.25, 0.3) is 5.91 Å². The predicted octanol–water partition coefficient (Wildman–Crippen LogP) is 3.33. The van der Waals surface area contributed by atoms with Crippen LogP contribution >= 0.6 is 22.9 Å². The van der Waals surface area contributed by atoms with Crippen molar-refractivity contribution in [3.63, 3.8) is 0 Å². The lowest BCUT2D eigenvalue weighted by Gasteiger charge is -2.10. The Balaban J connectivity index is 1.60. The average molecular weight is 308 g/mol. The van der Waals surface area contributed by atoms with Gasteiger partial charge in [-0.25, -0.2) is 0 Å². The highest BCUT2D eigenvalue weighted by molar-refractivity contribution is 7.11. The Bertz CT molecular complexity index is 653. The van der Waals surface area contributed by atoms with Crippen molar-refractivity contribution >= 4 is 28.8 Å². The van der Waals surface area contributed by atoms with Crippen LogP contribution < -0.4 is 10.1 Å². The monoisotopic (exact) mass is 307 g/mol. The molecule has 1 atom stereocenters. The number of nitrogens with one attached hydrogen (secondary N) is 1. The number of benzene rings is 1. The van der Waals surface area contributed by atoms with Crippen LogP contribution in [0.25, 0.3) is 0 Å². The molecule has 1 aliphatic heterocycles. The molecule has 1 aromatic carbocycles. The van der Waals surface area contributed by atoms with E-state index in [9.17, 15) is 4.79 Å². The predicted molar refractivity (Wildman–Crippen MR) is 80.5 cm³/mol. The van der Waals surface area contributed by atoms with Gasteiger partial charge in [-0.1, -0.05) is 11.6 Å². The number of hydrogen-bond donors (Lipinski definition) is 1. The zero-order chi connectivity index (χ0) is 14.1. The van der Waals surface area contributed by atoms with Gasteiger partial charge in [0.2, 0.25) is 0 Å². The second kappa shape index (κ2) is 5.46. The van der Waals surface area contributed by atoms with Crippen molar-refractivity contribution in [2.75, 3.05) is 0 Å². The molecule has 0 bridgehead atoms. The van der Waals surface area contributed by atoms with Gasteiger partial charge in [-0.2, -0.15) is 0 Å². The SMILES string of the molecule is Cc1ccc(CNC(=O)[C@@H]2Cc3cc(Cl)ccc3O2)s1. The second-order valence-electron chi connectivity index (χ2n) is 4.79. The molecule has 0 aliphatic carbocycles. The van der Waals surface area contributed by atoms with E-state index in [2.05, 4.69) is 18.3 Å². The lowest BCUT2D eigenvalue weighted by Crippen LogP contribution is -2.36. The molecule has 0 radical (unpaired) electrons. The third kappa shape index (κ3) is 2.81. The van der Waals surface area contributed by atoms with E-state index in [0.717, 1.165) is 16.2 Å². The summed E-state index contributed by atoms with van der Waals surface area (Å²) in [7, 11) is 0. The van der Waals surface area contributed by atoms with Crippen LogP contribution in [-0.2, 0) is 17.8 Å². The number of amides is 1. The first-order valence-corrected chi connectivity index (χ1v) is 7.59. The number of fused-ring (bicyclic) bond motifs is 1. The number of hydrogen-bond acceptors (Lipinski definition) is 3. The number of carbonyl (C=O) groups excluding carboxylic acids is 1. The second-order valence-corrected chi connectivity index (χ2v) is 6.60. The minimum absolute atomic E-state index is 0.0802. The maximum atomic E-state index is 12.1. The molecule has 0 unspecified atom stereocenters. The lowest BCUT2D eigenvalue weighted by molar-refractivity contribution is -0.127. The number of halogens is 1. The van der Waals surface area contributed by atoms with Gasteiger partial charge in [0.05, 0.1) is 6.54 Å². The van der Waals surface area contributed by atoms with Crippen LogP contribution in [0.2, 0.25) is 5.02 Å². The first-order chi connectivity index (χ1) is 9.61. The van der Waals surface area contributed by atoms with Gasteiger partial charge < -0.3 is 10.1 Å². The first-order valence-electron chi connectivity index (χ1n) is 6.40. The Labute approximate surface area is 126 Å². The van der Waals surface area contributed by atoms with Crippen molar-refractivity contribution in [3.8, 4) is 5.75 Å². The van der Waals surface area contributed by atoms with Crippen molar-refractivity contribution in [2.24, 2.45) is 0 Å². The summed E-state index contributed by atoms with van der Waals surface area (Å²) >= 11 is 7.63. The fourth-order valence-corrected chi connectivity index (χ4v) is 3.26. The van der Waals surface area contributed by atoms with E-state index in [1.165, 1.54) is 4.88 Å². The van der Waals surface area contributed by atoms with Gasteiger partial charge in [0, 0.05) is 21.2 Å². The molecule has 0 spiro atoms. The number of rotatable bonds is 3. The van der Waals surface area contributed by atoms with Gasteiger partial charge in [-0.3, -0.25) is 4.79 Å². The van der Waals surface area contributed by atoms with Crippen LogP contribution in [0, 0.1) is 6.92 Å². The van der Waals surface area contributed by atoms with E-state index in [-0.39, 0.29) is 5.91 Å². The van der Waals surface area contributed by atoms with Gasteiger partial charge >= 0.3 is 0 Å². The van der Waals surface area contributed by atoms with E-state index in [4.69, 9.17) is 16.3 Å². The molecule has 0 fully saturated rings. The van der Waals surface area contributed by atoms with Crippen molar-refractivity contribution in [1.29, 1.82) is 0 Å². The summed E-state index contributed by atoms with van der Waals surface area (Å²) in [6.45, 7) is 2.60. The molecule has 1 N–H and O–H groups in total. The Morgan fingerprint density at radius 2 is 2.30 bits per heavy atom. The summed E-state index contributed by atoms with van der Waals surface area (Å²) in [4.78, 5) is 14.5. The van der Waals surface area contributed by atoms with Gasteiger partial charge in [0.1, 0.15) is 5.75 Å². The zero-order valence-electron chi connectivity index (χ0n) is 11.0. The van der Waals surface area contributed by atoms with E-state index in [0.29, 0.717) is 18.0 Å². The molecule has 1 aromatic heterocycles. The molecule has 1 aliphatic rings. The molecule has 1 amide bonds. The number of aryl methyl sites for hydroxylation is 1. The summed E-state index contributed by atoms with van der Waals surface area (Å²) < 4.78 is 5.65. The molecule has 0 saturated carbocycles. The maximum absolute atomic E-state index is 12.1. The van der Waals surface area contributed by atoms with Crippen LogP contribution in [0.5, 0.6) is 5.75 Å². The summed E-state index contributed by atoms with van der Waals surface area (Å²) in [5.74, 6) is 0.671. The normalized spacial score (nSPS) is 16.6. The first kappa shape index (κ1) is 13.5. The van der Waals surface area contributed by atoms with Crippen molar-refractivity contribution in [2.45, 2.75) is 26.0 Å². The number of ether oxygens (including phenoxy) is 1. The molecule has 5 heteroatoms. The highest BCUT2D eigenvalue weighted by atomic mass is 35.5. The van der Waals surface area contributed by atoms with Crippen LogP contribution in [0.1, 0.15) is 15.3 Å². The summed E-state index contributed by atoms with van der Waals surface area (Å²) in [6, 6.07) is 9.52. The topological polar surface area (TPSA) is 38.3 Å². The van der Waals surface area contributed by atoms with Crippen molar-refractivity contribution in [1.82, 2.24) is 5.32 Å². The van der Waals surface area contributed by atoms with Gasteiger partial charge in [-0.05, 0) is 42.8 Å². The quantitative estimate of drug-likeness (QED) is 0.944. The Kier molecular flexibility index (Phi) is 3.68. The molecule has 2 aromatic rings. The summed E-state index contributed by atoms with van der Waals surface area (Å²) in [6.07, 6.45) is 0.120. The van der Waals surface area contributed by atoms with E-state index >= 15 is 0 Å². The highest BCUT2D eigenvalue weighted by Crippen LogP contribution is 2.31. The minimum atomic E-state index is -0.454. The standard InChI is InChI=1S/C15H14ClNO2S/c1-9-2-4-12(20-9)8-17-15(18)14-7-10-6-11(16)3-5-13(10)19-14/h2-6,14H,7-8H2,1H3,(H,17,18)/t14-/m0/s1. The summed E-state index contributed by atoms with van der Waals surface area (Å²) in [5.41, 5.74) is 0.990. The largest absolute Gasteiger partial charge is 0.480 e. The van der Waals surface area contributed by atoms with Crippen LogP contribution in [0.4, 0.5) is 0 Å². The maximum Gasteiger partial charge on any atom is 0.261 e. The summed E-state index contributed by atoms with van der Waals surface area (Å²) in [5, 5.41) is 3.59. The molecule has 2 heterocycles. The number of thiophene rings is 1. The van der Waals surface area contributed by atoms with Crippen LogP contribution in [-0.4, -0.2) is 12.0 Å². The molecule has 20 heavy (non-hydrogen) atoms. The zero-order valence-corrected chi connectivity index (χ0v) is 12.6. The van der Waals surface area contributed by atoms with Crippen molar-refractivity contribution < 1.29 is 9.53 Å². The van der Waals surface area contributed by atoms with Crippen LogP contribution in [0.15, 0.2) is 30.3 Å². The molecular weight excluding hydrogens is 294 g/mol. The number of carbonyl (C=O) groups is 1. The third-order valence-electron chi connectivity index (χ3n) is 3.22. The molecule has 3 nitrogen and oxygen atoms in total. The van der Waals surface area contributed by atoms with Gasteiger partial charge in [-0.15, -0.1) is 11.3 Å². The molecular formula is C15H14ClNO2S. The lowest BCUT2D eigenvalue weighted by atomic mass is 10.1. The molecule has 3 rings (SSSR count). The Hall–Kier alpha value is -1.52. The van der Waals surface area contributed by atoms with E-state index in [1.54, 1.807) is 17.4 Å². The van der Waals surface area contributed by atoms with Crippen LogP contribution in [0.3, 0.4) is 0 Å². The Morgan fingerprint density at radius 1 is 1.45 bits per heavy atom. The molecule has 0 saturated heterocycles. The fraction of sp³-hybridized carbons (Fsp3) is 0.267. The van der Waals surface area contributed by atoms with E-state index < -0.39 is 6.10 Å². The fourth-order valence-electron chi connectivity index (χ4n) is 2.23. The van der Waals surface area contributed by atoms with E-state index in [1.807, 2.05) is 18.2 Å². The minimum Gasteiger partial charge on any atom is -0.480 e.